The van der Waals surface area contributed by atoms with Gasteiger partial charge in [-0.05, 0) is 127 Å². The van der Waals surface area contributed by atoms with Crippen molar-refractivity contribution in [3.8, 4) is 33.9 Å². The molecule has 322 valence electrons. The molecule has 4 nitrogen and oxygen atoms in total. The third-order valence-electron chi connectivity index (χ3n) is 14.4. The van der Waals surface area contributed by atoms with Gasteiger partial charge in [-0.2, -0.15) is 0 Å². The Hall–Kier alpha value is -7.99. The highest BCUT2D eigenvalue weighted by atomic mass is 32.1. The zero-order valence-electron chi connectivity index (χ0n) is 37.6. The molecule has 3 aromatic heterocycles. The summed E-state index contributed by atoms with van der Waals surface area (Å²) in [6.07, 6.45) is 11.3. The number of aromatic nitrogens is 3. The number of rotatable bonds is 5. The molecule has 0 bridgehead atoms. The van der Waals surface area contributed by atoms with Crippen LogP contribution in [0.15, 0.2) is 186 Å². The lowest BCUT2D eigenvalue weighted by molar-refractivity contribution is 0.673. The van der Waals surface area contributed by atoms with Gasteiger partial charge in [-0.25, -0.2) is 15.0 Å². The first-order valence-corrected chi connectivity index (χ1v) is 24.5. The highest BCUT2D eigenvalue weighted by molar-refractivity contribution is 7.25. The molecule has 0 fully saturated rings. The molecule has 68 heavy (non-hydrogen) atoms. The van der Waals surface area contributed by atoms with Crippen molar-refractivity contribution < 1.29 is 4.42 Å². The van der Waals surface area contributed by atoms with Crippen LogP contribution in [0.1, 0.15) is 55.1 Å². The Kier molecular flexibility index (Phi) is 8.81. The second-order valence-corrected chi connectivity index (χ2v) is 19.8. The van der Waals surface area contributed by atoms with Crippen LogP contribution in [0.4, 0.5) is 0 Å². The average molecular weight is 890 g/mol. The van der Waals surface area contributed by atoms with E-state index in [1.165, 1.54) is 69.4 Å². The van der Waals surface area contributed by atoms with Crippen molar-refractivity contribution >= 4 is 103 Å². The Morgan fingerprint density at radius 2 is 1.19 bits per heavy atom. The van der Waals surface area contributed by atoms with E-state index in [-0.39, 0.29) is 5.92 Å². The number of nitrogens with zero attached hydrogens (tertiary/aromatic N) is 3. The van der Waals surface area contributed by atoms with Crippen molar-refractivity contribution in [3.05, 3.63) is 205 Å². The highest BCUT2D eigenvalue weighted by Gasteiger charge is 2.27. The van der Waals surface area contributed by atoms with Crippen molar-refractivity contribution in [2.24, 2.45) is 5.92 Å². The summed E-state index contributed by atoms with van der Waals surface area (Å²) in [4.78, 5) is 16.0. The first-order valence-electron chi connectivity index (χ1n) is 23.7. The second kappa shape index (κ2) is 15.3. The molecular formula is C63H43N3OS. The molecule has 12 aromatic rings. The Labute approximate surface area is 397 Å². The summed E-state index contributed by atoms with van der Waals surface area (Å²) in [5.74, 6) is 2.67. The Morgan fingerprint density at radius 3 is 2.04 bits per heavy atom. The minimum atomic E-state index is 0.213. The fraction of sp³-hybridized carbons (Fsp3) is 0.0952. The van der Waals surface area contributed by atoms with E-state index in [1.807, 2.05) is 11.3 Å². The van der Waals surface area contributed by atoms with Gasteiger partial charge >= 0.3 is 0 Å². The predicted molar refractivity (Wildman–Crippen MR) is 287 cm³/mol. The van der Waals surface area contributed by atoms with Gasteiger partial charge in [0.15, 0.2) is 17.5 Å². The molecule has 2 aliphatic rings. The standard InChI is InChI=1S/C63H43N3OS/c1-36-31-43(57-45-17-7-6-16-41(45)35-53-59(57)51-29-28-50-48-21-12-13-37(2)56(48)47-19-8-9-20-49(47)58(50)60(51)67-53)33-44(32-36)63-65-61(40-25-23-39(24-26-40)38-14-4-3-5-15-38)64-62(66-63)42-27-30-55-52(34-42)46-18-10-11-22-54(46)68-55/h3-12,14-31,33-37H,13,32H2,1-2H3. The molecule has 0 radical (unpaired) electrons. The van der Waals surface area contributed by atoms with E-state index in [0.29, 0.717) is 23.4 Å². The molecule has 0 spiro atoms. The van der Waals surface area contributed by atoms with E-state index < -0.39 is 0 Å². The average Bonchev–Trinajstić information content (AvgIpc) is 3.96. The minimum absolute atomic E-state index is 0.213. The number of hydrogen-bond donors (Lipinski definition) is 0. The molecular weight excluding hydrogens is 847 g/mol. The molecule has 0 saturated heterocycles. The molecule has 0 N–H and O–H groups in total. The summed E-state index contributed by atoms with van der Waals surface area (Å²) in [7, 11) is 0. The van der Waals surface area contributed by atoms with Crippen LogP contribution in [0.25, 0.3) is 126 Å². The van der Waals surface area contributed by atoms with Crippen LogP contribution in [0.3, 0.4) is 0 Å². The van der Waals surface area contributed by atoms with Gasteiger partial charge in [0, 0.05) is 53.0 Å². The normalized spacial score (nSPS) is 16.1. The maximum atomic E-state index is 7.18. The van der Waals surface area contributed by atoms with Gasteiger partial charge in [0.05, 0.1) is 0 Å². The molecule has 2 atom stereocenters. The van der Waals surface area contributed by atoms with Crippen LogP contribution in [0.2, 0.25) is 0 Å². The lowest BCUT2D eigenvalue weighted by atomic mass is 9.81. The van der Waals surface area contributed by atoms with E-state index in [2.05, 4.69) is 202 Å². The van der Waals surface area contributed by atoms with E-state index >= 15 is 0 Å². The summed E-state index contributed by atoms with van der Waals surface area (Å²) in [5.41, 5.74) is 12.2. The summed E-state index contributed by atoms with van der Waals surface area (Å²) in [6, 6.07) is 58.9. The first kappa shape index (κ1) is 39.2. The lowest BCUT2D eigenvalue weighted by Gasteiger charge is -2.23. The van der Waals surface area contributed by atoms with Gasteiger partial charge < -0.3 is 4.42 Å². The lowest BCUT2D eigenvalue weighted by Crippen LogP contribution is -2.07. The highest BCUT2D eigenvalue weighted by Crippen LogP contribution is 2.48. The number of allylic oxidation sites excluding steroid dienone is 5. The van der Waals surface area contributed by atoms with E-state index in [4.69, 9.17) is 19.4 Å². The Morgan fingerprint density at radius 1 is 0.529 bits per heavy atom. The van der Waals surface area contributed by atoms with Crippen molar-refractivity contribution in [2.45, 2.75) is 32.6 Å². The second-order valence-electron chi connectivity index (χ2n) is 18.8. The number of thiophene rings is 1. The van der Waals surface area contributed by atoms with E-state index in [1.54, 1.807) is 0 Å². The van der Waals surface area contributed by atoms with Crippen molar-refractivity contribution in [1.82, 2.24) is 15.0 Å². The third kappa shape index (κ3) is 6.16. The third-order valence-corrected chi connectivity index (χ3v) is 15.6. The van der Waals surface area contributed by atoms with Gasteiger partial charge in [0.2, 0.25) is 0 Å². The minimum Gasteiger partial charge on any atom is -0.455 e. The monoisotopic (exact) mass is 889 g/mol. The molecule has 2 aliphatic carbocycles. The zero-order chi connectivity index (χ0) is 45.0. The number of furan rings is 1. The van der Waals surface area contributed by atoms with Crippen LogP contribution in [-0.4, -0.2) is 15.0 Å². The SMILES string of the molecule is CC1C=C(c2c3ccccc3cc3oc4c(ccc5c6c(c7ccccc7c54)C(C)CC=C6)c23)C=C(c2nc(-c3ccc(-c4ccccc4)cc3)nc(-c3ccc4sc5ccccc5c4c3)n2)C1. The maximum absolute atomic E-state index is 7.18. The smallest absolute Gasteiger partial charge is 0.164 e. The van der Waals surface area contributed by atoms with E-state index in [0.717, 1.165) is 68.0 Å². The van der Waals surface area contributed by atoms with Gasteiger partial charge in [0.25, 0.3) is 0 Å². The Balaban J connectivity index is 0.978. The number of benzene rings is 9. The molecule has 3 heterocycles. The number of hydrogen-bond acceptors (Lipinski definition) is 5. The molecule has 0 saturated carbocycles. The molecule has 5 heteroatoms. The van der Waals surface area contributed by atoms with Crippen LogP contribution in [0.5, 0.6) is 0 Å². The zero-order valence-corrected chi connectivity index (χ0v) is 38.4. The van der Waals surface area contributed by atoms with Gasteiger partial charge in [0.1, 0.15) is 11.2 Å². The van der Waals surface area contributed by atoms with Gasteiger partial charge in [-0.15, -0.1) is 11.3 Å². The van der Waals surface area contributed by atoms with Gasteiger partial charge in [-0.1, -0.05) is 159 Å². The van der Waals surface area contributed by atoms with Crippen molar-refractivity contribution in [1.29, 1.82) is 0 Å². The van der Waals surface area contributed by atoms with Crippen LogP contribution in [-0.2, 0) is 0 Å². The van der Waals surface area contributed by atoms with Crippen LogP contribution < -0.4 is 0 Å². The summed E-state index contributed by atoms with van der Waals surface area (Å²) >= 11 is 1.82. The molecule has 2 unspecified atom stereocenters. The van der Waals surface area contributed by atoms with E-state index in [9.17, 15) is 0 Å². The molecule has 9 aromatic carbocycles. The fourth-order valence-electron chi connectivity index (χ4n) is 11.3. The largest absolute Gasteiger partial charge is 0.455 e. The number of fused-ring (bicyclic) bond motifs is 14. The van der Waals surface area contributed by atoms with Crippen molar-refractivity contribution in [3.63, 3.8) is 0 Å². The maximum Gasteiger partial charge on any atom is 0.164 e. The quantitative estimate of drug-likeness (QED) is 0.162. The molecule has 0 aliphatic heterocycles. The van der Waals surface area contributed by atoms with Crippen LogP contribution >= 0.6 is 11.3 Å². The van der Waals surface area contributed by atoms with Crippen LogP contribution in [0, 0.1) is 5.92 Å². The summed E-state index contributed by atoms with van der Waals surface area (Å²) in [5, 5.41) is 12.0. The first-order chi connectivity index (χ1) is 33.5. The fourth-order valence-corrected chi connectivity index (χ4v) is 12.4. The topological polar surface area (TPSA) is 51.8 Å². The van der Waals surface area contributed by atoms with Gasteiger partial charge in [-0.3, -0.25) is 0 Å². The molecule has 14 rings (SSSR count). The Bertz CT molecular complexity index is 4170. The molecule has 0 amide bonds. The summed E-state index contributed by atoms with van der Waals surface area (Å²) < 4.78 is 9.71. The predicted octanol–water partition coefficient (Wildman–Crippen LogP) is 17.6. The van der Waals surface area contributed by atoms with Crippen molar-refractivity contribution in [2.75, 3.05) is 0 Å². The summed E-state index contributed by atoms with van der Waals surface area (Å²) in [6.45, 7) is 4.66.